The van der Waals surface area contributed by atoms with Crippen LogP contribution >= 0.6 is 0 Å². The number of hydrogen-bond acceptors (Lipinski definition) is 2. The number of carbonyl (C=O) groups is 1. The minimum atomic E-state index is -4.73. The molecule has 3 nitrogen and oxygen atoms in total. The maximum Gasteiger partial charge on any atom is 0.417 e. The van der Waals surface area contributed by atoms with Gasteiger partial charge >= 0.3 is 12.1 Å². The van der Waals surface area contributed by atoms with Gasteiger partial charge in [-0.3, -0.25) is 4.79 Å². The standard InChI is InChI=1S/C11H8F3NO2/c1-6-2-3-7(4-9(16)17)10(8(6)5-15)11(12,13)14/h2-3H,4H2,1H3,(H,16,17). The smallest absolute Gasteiger partial charge is 0.417 e. The molecule has 0 atom stereocenters. The Balaban J connectivity index is 3.53. The summed E-state index contributed by atoms with van der Waals surface area (Å²) in [7, 11) is 0. The molecular weight excluding hydrogens is 235 g/mol. The lowest BCUT2D eigenvalue weighted by molar-refractivity contribution is -0.139. The lowest BCUT2D eigenvalue weighted by Gasteiger charge is -2.14. The summed E-state index contributed by atoms with van der Waals surface area (Å²) in [4.78, 5) is 10.5. The second kappa shape index (κ2) is 4.45. The van der Waals surface area contributed by atoms with Gasteiger partial charge in [0.1, 0.15) is 6.07 Å². The summed E-state index contributed by atoms with van der Waals surface area (Å²) in [5.74, 6) is -1.37. The van der Waals surface area contributed by atoms with Gasteiger partial charge in [0.2, 0.25) is 0 Å². The van der Waals surface area contributed by atoms with Crippen LogP contribution in [0.3, 0.4) is 0 Å². The van der Waals surface area contributed by atoms with Crippen LogP contribution in [0.15, 0.2) is 12.1 Å². The Hall–Kier alpha value is -2.03. The SMILES string of the molecule is Cc1ccc(CC(=O)O)c(C(F)(F)F)c1C#N. The van der Waals surface area contributed by atoms with Crippen molar-refractivity contribution in [3.8, 4) is 6.07 Å². The van der Waals surface area contributed by atoms with E-state index < -0.39 is 35.3 Å². The van der Waals surface area contributed by atoms with Gasteiger partial charge in [-0.2, -0.15) is 18.4 Å². The number of nitrogens with zero attached hydrogens (tertiary/aromatic N) is 1. The molecule has 1 aromatic rings. The normalized spacial score (nSPS) is 11.0. The Morgan fingerprint density at radius 2 is 2.06 bits per heavy atom. The Kier molecular flexibility index (Phi) is 3.42. The molecule has 0 bridgehead atoms. The Morgan fingerprint density at radius 3 is 2.47 bits per heavy atom. The number of benzene rings is 1. The number of rotatable bonds is 2. The fourth-order valence-corrected chi connectivity index (χ4v) is 1.53. The van der Waals surface area contributed by atoms with Crippen molar-refractivity contribution in [3.63, 3.8) is 0 Å². The molecule has 17 heavy (non-hydrogen) atoms. The van der Waals surface area contributed by atoms with Crippen LogP contribution in [0.1, 0.15) is 22.3 Å². The first kappa shape index (κ1) is 13.0. The summed E-state index contributed by atoms with van der Waals surface area (Å²) < 4.78 is 38.3. The molecule has 1 rings (SSSR count). The van der Waals surface area contributed by atoms with Gasteiger partial charge < -0.3 is 5.11 Å². The number of carboxylic acids is 1. The summed E-state index contributed by atoms with van der Waals surface area (Å²) >= 11 is 0. The molecule has 0 aliphatic rings. The quantitative estimate of drug-likeness (QED) is 0.868. The van der Waals surface area contributed by atoms with Gasteiger partial charge in [-0.25, -0.2) is 0 Å². The number of nitriles is 1. The van der Waals surface area contributed by atoms with Crippen LogP contribution in [0, 0.1) is 18.3 Å². The molecule has 0 aromatic heterocycles. The molecule has 0 saturated heterocycles. The van der Waals surface area contributed by atoms with Crippen molar-refractivity contribution in [2.24, 2.45) is 0 Å². The summed E-state index contributed by atoms with van der Waals surface area (Å²) in [5.41, 5.74) is -1.89. The molecule has 0 aliphatic heterocycles. The van der Waals surface area contributed by atoms with E-state index in [2.05, 4.69) is 0 Å². The number of hydrogen-bond donors (Lipinski definition) is 1. The molecule has 0 radical (unpaired) electrons. The molecule has 0 unspecified atom stereocenters. The van der Waals surface area contributed by atoms with Crippen molar-refractivity contribution in [2.75, 3.05) is 0 Å². The predicted molar refractivity (Wildman–Crippen MR) is 52.2 cm³/mol. The van der Waals surface area contributed by atoms with Crippen molar-refractivity contribution in [1.29, 1.82) is 5.26 Å². The van der Waals surface area contributed by atoms with E-state index in [1.54, 1.807) is 0 Å². The summed E-state index contributed by atoms with van der Waals surface area (Å²) in [6.45, 7) is 1.37. The van der Waals surface area contributed by atoms with E-state index in [9.17, 15) is 18.0 Å². The van der Waals surface area contributed by atoms with Gasteiger partial charge in [0.05, 0.1) is 17.5 Å². The van der Waals surface area contributed by atoms with E-state index in [-0.39, 0.29) is 5.56 Å². The van der Waals surface area contributed by atoms with Gasteiger partial charge in [0, 0.05) is 0 Å². The zero-order valence-corrected chi connectivity index (χ0v) is 8.80. The zero-order valence-electron chi connectivity index (χ0n) is 8.80. The average Bonchev–Trinajstić information content (AvgIpc) is 2.17. The fraction of sp³-hybridized carbons (Fsp3) is 0.273. The van der Waals surface area contributed by atoms with Gasteiger partial charge in [-0.1, -0.05) is 12.1 Å². The van der Waals surface area contributed by atoms with E-state index in [0.29, 0.717) is 0 Å². The molecule has 0 aliphatic carbocycles. The lowest BCUT2D eigenvalue weighted by atomic mass is 9.95. The first-order chi connectivity index (χ1) is 7.77. The van der Waals surface area contributed by atoms with E-state index in [4.69, 9.17) is 10.4 Å². The van der Waals surface area contributed by atoms with E-state index in [1.807, 2.05) is 0 Å². The van der Waals surface area contributed by atoms with Gasteiger partial charge in [0.15, 0.2) is 0 Å². The van der Waals surface area contributed by atoms with E-state index in [0.717, 1.165) is 6.07 Å². The second-order valence-electron chi connectivity index (χ2n) is 3.47. The van der Waals surface area contributed by atoms with Gasteiger partial charge in [0.25, 0.3) is 0 Å². The molecule has 0 saturated carbocycles. The highest BCUT2D eigenvalue weighted by atomic mass is 19.4. The molecule has 0 amide bonds. The molecule has 1 N–H and O–H groups in total. The summed E-state index contributed by atoms with van der Waals surface area (Å²) in [6, 6.07) is 3.87. The third-order valence-electron chi connectivity index (χ3n) is 2.24. The van der Waals surface area contributed by atoms with Crippen molar-refractivity contribution < 1.29 is 23.1 Å². The monoisotopic (exact) mass is 243 g/mol. The zero-order chi connectivity index (χ0) is 13.2. The minimum absolute atomic E-state index is 0.175. The third kappa shape index (κ3) is 2.75. The number of aliphatic carboxylic acids is 1. The van der Waals surface area contributed by atoms with Crippen LogP contribution in [0.2, 0.25) is 0 Å². The molecule has 6 heteroatoms. The number of alkyl halides is 3. The average molecular weight is 243 g/mol. The van der Waals surface area contributed by atoms with Crippen LogP contribution < -0.4 is 0 Å². The predicted octanol–water partition coefficient (Wildman–Crippen LogP) is 2.51. The van der Waals surface area contributed by atoms with Crippen molar-refractivity contribution >= 4 is 5.97 Å². The van der Waals surface area contributed by atoms with Crippen LogP contribution in [-0.2, 0) is 17.4 Å². The lowest BCUT2D eigenvalue weighted by Crippen LogP contribution is -2.15. The fourth-order valence-electron chi connectivity index (χ4n) is 1.53. The minimum Gasteiger partial charge on any atom is -0.481 e. The van der Waals surface area contributed by atoms with Crippen LogP contribution in [0.25, 0.3) is 0 Å². The van der Waals surface area contributed by atoms with E-state index >= 15 is 0 Å². The van der Waals surface area contributed by atoms with Crippen LogP contribution in [0.5, 0.6) is 0 Å². The highest BCUT2D eigenvalue weighted by molar-refractivity contribution is 5.71. The Morgan fingerprint density at radius 1 is 1.47 bits per heavy atom. The number of aryl methyl sites for hydroxylation is 1. The maximum atomic E-state index is 12.8. The first-order valence-corrected chi connectivity index (χ1v) is 4.59. The molecule has 0 heterocycles. The molecule has 90 valence electrons. The molecule has 1 aromatic carbocycles. The molecular formula is C11H8F3NO2. The van der Waals surface area contributed by atoms with Crippen molar-refractivity contribution in [2.45, 2.75) is 19.5 Å². The third-order valence-corrected chi connectivity index (χ3v) is 2.24. The second-order valence-corrected chi connectivity index (χ2v) is 3.47. The highest BCUT2D eigenvalue weighted by Crippen LogP contribution is 2.36. The Labute approximate surface area is 95.1 Å². The van der Waals surface area contributed by atoms with Crippen LogP contribution in [-0.4, -0.2) is 11.1 Å². The topological polar surface area (TPSA) is 61.1 Å². The summed E-state index contributed by atoms with van der Waals surface area (Å²) in [6.07, 6.45) is -5.49. The van der Waals surface area contributed by atoms with Gasteiger partial charge in [-0.15, -0.1) is 0 Å². The maximum absolute atomic E-state index is 12.8. The molecule has 0 fully saturated rings. The number of carboxylic acid groups (broad SMARTS) is 1. The Bertz CT molecular complexity index is 501. The largest absolute Gasteiger partial charge is 0.481 e. The summed E-state index contributed by atoms with van der Waals surface area (Å²) in [5, 5.41) is 17.3. The number of halogens is 3. The van der Waals surface area contributed by atoms with Crippen molar-refractivity contribution in [1.82, 2.24) is 0 Å². The molecule has 0 spiro atoms. The van der Waals surface area contributed by atoms with Gasteiger partial charge in [-0.05, 0) is 18.1 Å². The van der Waals surface area contributed by atoms with E-state index in [1.165, 1.54) is 19.1 Å². The van der Waals surface area contributed by atoms with Crippen LogP contribution in [0.4, 0.5) is 13.2 Å². The highest BCUT2D eigenvalue weighted by Gasteiger charge is 2.37. The first-order valence-electron chi connectivity index (χ1n) is 4.59. The van der Waals surface area contributed by atoms with Crippen molar-refractivity contribution in [3.05, 3.63) is 34.4 Å².